The normalized spacial score (nSPS) is 10.1. The number of hydrogen-bond acceptors (Lipinski definition) is 2. The summed E-state index contributed by atoms with van der Waals surface area (Å²) in [7, 11) is 2.06. The lowest BCUT2D eigenvalue weighted by Crippen LogP contribution is -2.09. The summed E-state index contributed by atoms with van der Waals surface area (Å²) in [6.07, 6.45) is 0. The zero-order chi connectivity index (χ0) is 11.4. The maximum absolute atomic E-state index is 5.64. The van der Waals surface area contributed by atoms with Crippen LogP contribution in [0.25, 0.3) is 0 Å². The topological polar surface area (TPSA) is 29.3 Å². The molecule has 0 bridgehead atoms. The van der Waals surface area contributed by atoms with E-state index in [0.29, 0.717) is 6.54 Å². The van der Waals surface area contributed by atoms with Crippen LogP contribution in [-0.4, -0.2) is 7.05 Å². The van der Waals surface area contributed by atoms with Crippen molar-refractivity contribution in [3.63, 3.8) is 0 Å². The summed E-state index contributed by atoms with van der Waals surface area (Å²) in [4.78, 5) is 2.15. The molecule has 0 aliphatic heterocycles. The lowest BCUT2D eigenvalue weighted by atomic mass is 10.2. The third-order valence-corrected chi connectivity index (χ3v) is 2.68. The van der Waals surface area contributed by atoms with E-state index in [-0.39, 0.29) is 0 Å². The number of rotatable bonds is 3. The second-order valence-electron chi connectivity index (χ2n) is 3.77. The minimum Gasteiger partial charge on any atom is -0.345 e. The standard InChI is InChI=1S/C14H16N2/c1-16(13-7-3-2-4-8-13)14-9-5-6-12(10-14)11-15/h2-10H,11,15H2,1H3. The van der Waals surface area contributed by atoms with Gasteiger partial charge in [-0.15, -0.1) is 0 Å². The van der Waals surface area contributed by atoms with Crippen LogP contribution in [-0.2, 0) is 6.54 Å². The van der Waals surface area contributed by atoms with Crippen molar-refractivity contribution in [3.05, 3.63) is 60.2 Å². The zero-order valence-electron chi connectivity index (χ0n) is 9.43. The first-order chi connectivity index (χ1) is 7.81. The SMILES string of the molecule is CN(c1ccccc1)c1cccc(CN)c1. The van der Waals surface area contributed by atoms with Crippen molar-refractivity contribution in [3.8, 4) is 0 Å². The predicted molar refractivity (Wildman–Crippen MR) is 68.8 cm³/mol. The molecule has 0 spiro atoms. The van der Waals surface area contributed by atoms with E-state index in [1.165, 1.54) is 5.69 Å². The molecular weight excluding hydrogens is 196 g/mol. The highest BCUT2D eigenvalue weighted by molar-refractivity contribution is 5.62. The van der Waals surface area contributed by atoms with E-state index in [2.05, 4.69) is 36.2 Å². The maximum Gasteiger partial charge on any atom is 0.0411 e. The molecule has 16 heavy (non-hydrogen) atoms. The minimum absolute atomic E-state index is 0.580. The van der Waals surface area contributed by atoms with Crippen LogP contribution in [0.3, 0.4) is 0 Å². The highest BCUT2D eigenvalue weighted by Gasteiger charge is 2.02. The summed E-state index contributed by atoms with van der Waals surface area (Å²) in [5, 5.41) is 0. The molecule has 2 aromatic carbocycles. The first-order valence-electron chi connectivity index (χ1n) is 5.39. The van der Waals surface area contributed by atoms with Crippen LogP contribution in [0.4, 0.5) is 11.4 Å². The summed E-state index contributed by atoms with van der Waals surface area (Å²) in [5.41, 5.74) is 9.13. The van der Waals surface area contributed by atoms with Crippen molar-refractivity contribution in [2.24, 2.45) is 5.73 Å². The molecular formula is C14H16N2. The van der Waals surface area contributed by atoms with Crippen LogP contribution in [0.5, 0.6) is 0 Å². The first kappa shape index (κ1) is 10.7. The maximum atomic E-state index is 5.64. The average Bonchev–Trinajstić information content (AvgIpc) is 2.39. The molecule has 0 aliphatic rings. The summed E-state index contributed by atoms with van der Waals surface area (Å²) >= 11 is 0. The third kappa shape index (κ3) is 2.23. The summed E-state index contributed by atoms with van der Waals surface area (Å²) < 4.78 is 0. The van der Waals surface area contributed by atoms with Gasteiger partial charge in [-0.3, -0.25) is 0 Å². The number of anilines is 2. The Morgan fingerprint density at radius 3 is 2.31 bits per heavy atom. The van der Waals surface area contributed by atoms with E-state index >= 15 is 0 Å². The van der Waals surface area contributed by atoms with E-state index in [0.717, 1.165) is 11.3 Å². The van der Waals surface area contributed by atoms with E-state index in [1.807, 2.05) is 30.3 Å². The Labute approximate surface area is 96.3 Å². The molecule has 0 saturated carbocycles. The molecule has 0 amide bonds. The van der Waals surface area contributed by atoms with Crippen molar-refractivity contribution in [2.45, 2.75) is 6.54 Å². The van der Waals surface area contributed by atoms with Gasteiger partial charge in [-0.05, 0) is 29.8 Å². The molecule has 0 atom stereocenters. The highest BCUT2D eigenvalue weighted by atomic mass is 15.1. The predicted octanol–water partition coefficient (Wildman–Crippen LogP) is 2.91. The zero-order valence-corrected chi connectivity index (χ0v) is 9.43. The van der Waals surface area contributed by atoms with Gasteiger partial charge in [0.25, 0.3) is 0 Å². The molecule has 0 heterocycles. The van der Waals surface area contributed by atoms with Gasteiger partial charge in [0.1, 0.15) is 0 Å². The molecule has 0 aromatic heterocycles. The van der Waals surface area contributed by atoms with Crippen LogP contribution in [0, 0.1) is 0 Å². The van der Waals surface area contributed by atoms with Gasteiger partial charge in [0.2, 0.25) is 0 Å². The van der Waals surface area contributed by atoms with E-state index in [9.17, 15) is 0 Å². The molecule has 82 valence electrons. The minimum atomic E-state index is 0.580. The van der Waals surface area contributed by atoms with Crippen LogP contribution in [0.2, 0.25) is 0 Å². The Morgan fingerprint density at radius 1 is 0.938 bits per heavy atom. The molecule has 2 rings (SSSR count). The van der Waals surface area contributed by atoms with Crippen molar-refractivity contribution in [1.82, 2.24) is 0 Å². The van der Waals surface area contributed by atoms with Gasteiger partial charge in [0.05, 0.1) is 0 Å². The van der Waals surface area contributed by atoms with Gasteiger partial charge < -0.3 is 10.6 Å². The van der Waals surface area contributed by atoms with Gasteiger partial charge in [-0.2, -0.15) is 0 Å². The van der Waals surface area contributed by atoms with Crippen molar-refractivity contribution < 1.29 is 0 Å². The van der Waals surface area contributed by atoms with E-state index < -0.39 is 0 Å². The van der Waals surface area contributed by atoms with Crippen molar-refractivity contribution >= 4 is 11.4 Å². The molecule has 0 aliphatic carbocycles. The van der Waals surface area contributed by atoms with Gasteiger partial charge in [-0.1, -0.05) is 30.3 Å². The third-order valence-electron chi connectivity index (χ3n) is 2.68. The fourth-order valence-electron chi connectivity index (χ4n) is 1.69. The molecule has 2 N–H and O–H groups in total. The van der Waals surface area contributed by atoms with Crippen molar-refractivity contribution in [2.75, 3.05) is 11.9 Å². The van der Waals surface area contributed by atoms with Crippen LogP contribution >= 0.6 is 0 Å². The number of para-hydroxylation sites is 1. The Bertz CT molecular complexity index is 451. The number of hydrogen-bond donors (Lipinski definition) is 1. The van der Waals surface area contributed by atoms with Crippen molar-refractivity contribution in [1.29, 1.82) is 0 Å². The van der Waals surface area contributed by atoms with Gasteiger partial charge in [-0.25, -0.2) is 0 Å². The Hall–Kier alpha value is -1.80. The molecule has 2 nitrogen and oxygen atoms in total. The quantitative estimate of drug-likeness (QED) is 0.847. The smallest absolute Gasteiger partial charge is 0.0411 e. The fourth-order valence-corrected chi connectivity index (χ4v) is 1.69. The summed E-state index contributed by atoms with van der Waals surface area (Å²) in [6.45, 7) is 0.580. The lowest BCUT2D eigenvalue weighted by molar-refractivity contribution is 1.06. The summed E-state index contributed by atoms with van der Waals surface area (Å²) in [5.74, 6) is 0. The summed E-state index contributed by atoms with van der Waals surface area (Å²) in [6, 6.07) is 18.6. The lowest BCUT2D eigenvalue weighted by Gasteiger charge is -2.19. The van der Waals surface area contributed by atoms with E-state index in [1.54, 1.807) is 0 Å². The second kappa shape index (κ2) is 4.81. The number of benzene rings is 2. The first-order valence-corrected chi connectivity index (χ1v) is 5.39. The van der Waals surface area contributed by atoms with Crippen LogP contribution in [0.15, 0.2) is 54.6 Å². The Balaban J connectivity index is 2.30. The fraction of sp³-hybridized carbons (Fsp3) is 0.143. The van der Waals surface area contributed by atoms with Crippen LogP contribution in [0.1, 0.15) is 5.56 Å². The largest absolute Gasteiger partial charge is 0.345 e. The molecule has 0 saturated heterocycles. The monoisotopic (exact) mass is 212 g/mol. The Morgan fingerprint density at radius 2 is 1.62 bits per heavy atom. The molecule has 0 fully saturated rings. The van der Waals surface area contributed by atoms with E-state index in [4.69, 9.17) is 5.73 Å². The molecule has 2 aromatic rings. The van der Waals surface area contributed by atoms with Crippen LogP contribution < -0.4 is 10.6 Å². The second-order valence-corrected chi connectivity index (χ2v) is 3.77. The molecule has 0 radical (unpaired) electrons. The highest BCUT2D eigenvalue weighted by Crippen LogP contribution is 2.23. The van der Waals surface area contributed by atoms with Gasteiger partial charge >= 0.3 is 0 Å². The average molecular weight is 212 g/mol. The van der Waals surface area contributed by atoms with Gasteiger partial charge in [0.15, 0.2) is 0 Å². The Kier molecular flexibility index (Phi) is 3.22. The van der Waals surface area contributed by atoms with Gasteiger partial charge in [0, 0.05) is 25.0 Å². The number of nitrogens with zero attached hydrogens (tertiary/aromatic N) is 1. The number of nitrogens with two attached hydrogens (primary N) is 1. The molecule has 0 unspecified atom stereocenters. The molecule has 2 heteroatoms.